The van der Waals surface area contributed by atoms with Crippen molar-refractivity contribution >= 4 is 21.8 Å². The van der Waals surface area contributed by atoms with Gasteiger partial charge in [-0.3, -0.25) is 9.59 Å². The fourth-order valence-corrected chi connectivity index (χ4v) is 6.00. The molecule has 0 saturated carbocycles. The van der Waals surface area contributed by atoms with Crippen molar-refractivity contribution in [1.29, 1.82) is 0 Å². The molecule has 3 saturated heterocycles. The Morgan fingerprint density at radius 2 is 1.81 bits per heavy atom. The van der Waals surface area contributed by atoms with Gasteiger partial charge in [-0.05, 0) is 26.2 Å². The minimum atomic E-state index is -3.37. The molecule has 3 fully saturated rings. The fraction of sp³-hybridized carbons (Fsp3) is 0.882. The number of hydrogen-bond acceptors (Lipinski definition) is 5. The van der Waals surface area contributed by atoms with Gasteiger partial charge in [-0.2, -0.15) is 0 Å². The average Bonchev–Trinajstić information content (AvgIpc) is 3.08. The molecule has 0 aromatic rings. The second-order valence-electron chi connectivity index (χ2n) is 7.84. The number of nitrogens with zero attached hydrogens (tertiary/aromatic N) is 3. The Hall–Kier alpha value is -1.19. The summed E-state index contributed by atoms with van der Waals surface area (Å²) in [7, 11) is -1.87. The first-order chi connectivity index (χ1) is 12.2. The molecule has 3 heterocycles. The van der Waals surface area contributed by atoms with Crippen LogP contribution in [0.15, 0.2) is 0 Å². The van der Waals surface area contributed by atoms with Crippen molar-refractivity contribution in [2.24, 2.45) is 10.8 Å². The number of carbonyl (C=O) groups excluding carboxylic acids is 2. The van der Waals surface area contributed by atoms with Gasteiger partial charge in [-0.15, -0.1) is 0 Å². The van der Waals surface area contributed by atoms with Crippen molar-refractivity contribution < 1.29 is 22.7 Å². The van der Waals surface area contributed by atoms with Crippen LogP contribution in [0.2, 0.25) is 0 Å². The topological polar surface area (TPSA) is 87.2 Å². The second-order valence-corrected chi connectivity index (χ2v) is 9.82. The highest BCUT2D eigenvalue weighted by molar-refractivity contribution is 7.88. The van der Waals surface area contributed by atoms with Gasteiger partial charge in [0.05, 0.1) is 11.7 Å². The van der Waals surface area contributed by atoms with Crippen LogP contribution in [0.5, 0.6) is 0 Å². The molecular formula is C17H29N3O5S. The monoisotopic (exact) mass is 387 g/mol. The van der Waals surface area contributed by atoms with Gasteiger partial charge in [0.15, 0.2) is 0 Å². The SMILES string of the molecule is CCN1CC[C@@]2(CN(S(C)(=O)=O)CC23CCN(C(=O)COC)CC3)C1=O. The molecule has 0 aromatic heterocycles. The van der Waals surface area contributed by atoms with Crippen LogP contribution < -0.4 is 0 Å². The lowest BCUT2D eigenvalue weighted by Crippen LogP contribution is -2.54. The molecule has 26 heavy (non-hydrogen) atoms. The average molecular weight is 388 g/mol. The molecule has 0 radical (unpaired) electrons. The number of carbonyl (C=O) groups is 2. The van der Waals surface area contributed by atoms with E-state index in [-0.39, 0.29) is 30.4 Å². The molecule has 2 amide bonds. The van der Waals surface area contributed by atoms with Gasteiger partial charge in [0, 0.05) is 51.8 Å². The predicted octanol–water partition coefficient (Wildman–Crippen LogP) is -0.245. The van der Waals surface area contributed by atoms with Crippen LogP contribution in [0.25, 0.3) is 0 Å². The third kappa shape index (κ3) is 2.93. The summed E-state index contributed by atoms with van der Waals surface area (Å²) in [6.07, 6.45) is 3.21. The van der Waals surface area contributed by atoms with E-state index in [1.807, 2.05) is 11.8 Å². The van der Waals surface area contributed by atoms with Crippen LogP contribution in [0.1, 0.15) is 26.2 Å². The van der Waals surface area contributed by atoms with Crippen LogP contribution in [-0.2, 0) is 24.3 Å². The van der Waals surface area contributed by atoms with E-state index in [1.54, 1.807) is 4.90 Å². The zero-order valence-corrected chi connectivity index (χ0v) is 16.7. The maximum atomic E-state index is 13.2. The molecule has 0 aliphatic carbocycles. The highest BCUT2D eigenvalue weighted by Crippen LogP contribution is 2.58. The summed E-state index contributed by atoms with van der Waals surface area (Å²) >= 11 is 0. The summed E-state index contributed by atoms with van der Waals surface area (Å²) < 4.78 is 30.9. The molecule has 3 aliphatic rings. The summed E-state index contributed by atoms with van der Waals surface area (Å²) in [6, 6.07) is 0. The summed E-state index contributed by atoms with van der Waals surface area (Å²) in [5.74, 6) is 0.0325. The Morgan fingerprint density at radius 1 is 1.15 bits per heavy atom. The van der Waals surface area contributed by atoms with E-state index in [4.69, 9.17) is 4.74 Å². The molecule has 0 bridgehead atoms. The lowest BCUT2D eigenvalue weighted by molar-refractivity contribution is -0.145. The highest BCUT2D eigenvalue weighted by atomic mass is 32.2. The molecule has 2 spiro atoms. The molecule has 8 nitrogen and oxygen atoms in total. The largest absolute Gasteiger partial charge is 0.375 e. The Labute approximate surface area is 155 Å². The van der Waals surface area contributed by atoms with E-state index in [0.717, 1.165) is 0 Å². The number of hydrogen-bond donors (Lipinski definition) is 0. The van der Waals surface area contributed by atoms with Crippen LogP contribution >= 0.6 is 0 Å². The lowest BCUT2D eigenvalue weighted by atomic mass is 9.60. The van der Waals surface area contributed by atoms with E-state index in [9.17, 15) is 18.0 Å². The Bertz CT molecular complexity index is 687. The maximum Gasteiger partial charge on any atom is 0.248 e. The van der Waals surface area contributed by atoms with Gasteiger partial charge in [0.25, 0.3) is 0 Å². The third-order valence-electron chi connectivity index (χ3n) is 6.64. The zero-order chi connectivity index (χ0) is 19.2. The quantitative estimate of drug-likeness (QED) is 0.664. The van der Waals surface area contributed by atoms with Crippen molar-refractivity contribution in [2.45, 2.75) is 26.2 Å². The first-order valence-corrected chi connectivity index (χ1v) is 11.1. The van der Waals surface area contributed by atoms with Gasteiger partial charge >= 0.3 is 0 Å². The Balaban J connectivity index is 1.89. The number of fused-ring (bicyclic) bond motifs is 1. The summed E-state index contributed by atoms with van der Waals surface area (Å²) in [4.78, 5) is 29.0. The number of ether oxygens (including phenoxy) is 1. The Morgan fingerprint density at radius 3 is 2.31 bits per heavy atom. The minimum Gasteiger partial charge on any atom is -0.375 e. The van der Waals surface area contributed by atoms with E-state index >= 15 is 0 Å². The maximum absolute atomic E-state index is 13.2. The first-order valence-electron chi connectivity index (χ1n) is 9.20. The van der Waals surface area contributed by atoms with Crippen molar-refractivity contribution in [1.82, 2.24) is 14.1 Å². The summed E-state index contributed by atoms with van der Waals surface area (Å²) in [5.41, 5.74) is -1.04. The van der Waals surface area contributed by atoms with Crippen molar-refractivity contribution in [3.8, 4) is 0 Å². The fourth-order valence-electron chi connectivity index (χ4n) is 5.06. The van der Waals surface area contributed by atoms with Crippen molar-refractivity contribution in [3.05, 3.63) is 0 Å². The summed E-state index contributed by atoms with van der Waals surface area (Å²) in [6.45, 7) is 5.07. The number of methoxy groups -OCH3 is 1. The number of piperidine rings is 1. The number of likely N-dealkylation sites (tertiary alicyclic amines) is 2. The van der Waals surface area contributed by atoms with E-state index < -0.39 is 15.4 Å². The molecule has 0 N–H and O–H groups in total. The second kappa shape index (κ2) is 6.76. The third-order valence-corrected chi connectivity index (χ3v) is 7.83. The molecule has 0 aromatic carbocycles. The standard InChI is InChI=1S/C17H29N3O5S/c1-4-18-10-7-17(15(18)22)13-20(26(3,23)24)12-16(17)5-8-19(9-6-16)14(21)11-25-2/h4-13H2,1-3H3/t17-/m1/s1. The number of rotatable bonds is 4. The van der Waals surface area contributed by atoms with Gasteiger partial charge in [0.2, 0.25) is 21.8 Å². The van der Waals surface area contributed by atoms with E-state index in [2.05, 4.69) is 0 Å². The number of amides is 2. The number of sulfonamides is 1. The summed E-state index contributed by atoms with van der Waals surface area (Å²) in [5, 5.41) is 0. The van der Waals surface area contributed by atoms with Crippen molar-refractivity contribution in [2.75, 3.05) is 59.2 Å². The normalized spacial score (nSPS) is 29.3. The zero-order valence-electron chi connectivity index (χ0n) is 15.9. The van der Waals surface area contributed by atoms with Crippen molar-refractivity contribution in [3.63, 3.8) is 0 Å². The van der Waals surface area contributed by atoms with Gasteiger partial charge in [-0.25, -0.2) is 12.7 Å². The molecule has 1 atom stereocenters. The van der Waals surface area contributed by atoms with Gasteiger partial charge < -0.3 is 14.5 Å². The van der Waals surface area contributed by atoms with Crippen LogP contribution in [0.3, 0.4) is 0 Å². The van der Waals surface area contributed by atoms with Crippen LogP contribution in [-0.4, -0.2) is 93.6 Å². The molecule has 148 valence electrons. The molecule has 3 rings (SSSR count). The smallest absolute Gasteiger partial charge is 0.248 e. The van der Waals surface area contributed by atoms with Gasteiger partial charge in [0.1, 0.15) is 6.61 Å². The molecule has 9 heteroatoms. The Kier molecular flexibility index (Phi) is 5.09. The molecular weight excluding hydrogens is 358 g/mol. The molecule has 3 aliphatic heterocycles. The van der Waals surface area contributed by atoms with E-state index in [0.29, 0.717) is 52.0 Å². The van der Waals surface area contributed by atoms with Crippen LogP contribution in [0.4, 0.5) is 0 Å². The van der Waals surface area contributed by atoms with E-state index in [1.165, 1.54) is 17.7 Å². The van der Waals surface area contributed by atoms with Crippen LogP contribution in [0, 0.1) is 10.8 Å². The molecule has 0 unspecified atom stereocenters. The lowest BCUT2D eigenvalue weighted by Gasteiger charge is -2.46. The highest BCUT2D eigenvalue weighted by Gasteiger charge is 2.66. The van der Waals surface area contributed by atoms with Gasteiger partial charge in [-0.1, -0.05) is 0 Å². The predicted molar refractivity (Wildman–Crippen MR) is 95.8 cm³/mol. The minimum absolute atomic E-state index is 0.0517. The first kappa shape index (κ1) is 19.6.